The molecule has 38 heavy (non-hydrogen) atoms. The van der Waals surface area contributed by atoms with Crippen LogP contribution in [0.15, 0.2) is 78.0 Å². The Morgan fingerprint density at radius 3 is 2.53 bits per heavy atom. The number of methoxy groups -OCH3 is 1. The molecule has 0 atom stereocenters. The number of aromatic nitrogens is 3. The molecule has 0 aliphatic carbocycles. The molecule has 0 unspecified atom stereocenters. The molecular weight excluding hydrogens is 494 g/mol. The smallest absolute Gasteiger partial charge is 0.261 e. The molecule has 5 rings (SSSR count). The molecule has 0 aliphatic rings. The summed E-state index contributed by atoms with van der Waals surface area (Å²) in [7, 11) is 1.48. The van der Waals surface area contributed by atoms with Gasteiger partial charge >= 0.3 is 0 Å². The molecule has 2 aromatic carbocycles. The Kier molecular flexibility index (Phi) is 6.53. The van der Waals surface area contributed by atoms with E-state index in [2.05, 4.69) is 20.3 Å². The van der Waals surface area contributed by atoms with Crippen LogP contribution < -0.4 is 20.2 Å². The summed E-state index contributed by atoms with van der Waals surface area (Å²) in [6.45, 7) is 1.68. The zero-order chi connectivity index (χ0) is 26.8. The summed E-state index contributed by atoms with van der Waals surface area (Å²) in [5.74, 6) is -1.31. The zero-order valence-corrected chi connectivity index (χ0v) is 20.2. The van der Waals surface area contributed by atoms with Crippen molar-refractivity contribution < 1.29 is 23.0 Å². The lowest BCUT2D eigenvalue weighted by Gasteiger charge is -2.12. The number of fused-ring (bicyclic) bond motifs is 1. The predicted octanol–water partition coefficient (Wildman–Crippen LogP) is 5.62. The quantitative estimate of drug-likeness (QED) is 0.305. The second kappa shape index (κ2) is 10.1. The van der Waals surface area contributed by atoms with Crippen LogP contribution in [0, 0.1) is 18.6 Å². The van der Waals surface area contributed by atoms with Gasteiger partial charge in [0.2, 0.25) is 11.3 Å². The fourth-order valence-electron chi connectivity index (χ4n) is 3.94. The van der Waals surface area contributed by atoms with Crippen LogP contribution in [-0.4, -0.2) is 28.0 Å². The Bertz CT molecular complexity index is 1740. The lowest BCUT2D eigenvalue weighted by Crippen LogP contribution is -2.23. The van der Waals surface area contributed by atoms with E-state index in [9.17, 15) is 18.4 Å². The first-order chi connectivity index (χ1) is 18.3. The summed E-state index contributed by atoms with van der Waals surface area (Å²) in [6, 6.07) is 12.5. The fourth-order valence-corrected chi connectivity index (χ4v) is 3.94. The summed E-state index contributed by atoms with van der Waals surface area (Å²) >= 11 is 0. The number of rotatable bonds is 6. The van der Waals surface area contributed by atoms with Gasteiger partial charge in [-0.15, -0.1) is 0 Å². The van der Waals surface area contributed by atoms with Crippen molar-refractivity contribution in [3.05, 3.63) is 106 Å². The highest BCUT2D eigenvalue weighted by Gasteiger charge is 2.18. The van der Waals surface area contributed by atoms with E-state index in [0.29, 0.717) is 33.8 Å². The number of anilines is 1. The molecule has 1 amide bonds. The monoisotopic (exact) mass is 514 g/mol. The maximum Gasteiger partial charge on any atom is 0.261 e. The van der Waals surface area contributed by atoms with Gasteiger partial charge in [-0.3, -0.25) is 14.6 Å². The number of amides is 1. The van der Waals surface area contributed by atoms with E-state index < -0.39 is 23.0 Å². The minimum absolute atomic E-state index is 0.0851. The molecule has 190 valence electrons. The van der Waals surface area contributed by atoms with E-state index in [1.165, 1.54) is 62.1 Å². The number of carbonyl (C=O) groups excluding carboxylic acids is 1. The van der Waals surface area contributed by atoms with Crippen molar-refractivity contribution in [1.29, 1.82) is 0 Å². The highest BCUT2D eigenvalue weighted by Crippen LogP contribution is 2.32. The van der Waals surface area contributed by atoms with Gasteiger partial charge in [0.15, 0.2) is 11.6 Å². The van der Waals surface area contributed by atoms with Gasteiger partial charge in [-0.05, 0) is 42.8 Å². The number of ether oxygens (including phenoxy) is 2. The topological polar surface area (TPSA) is 106 Å². The summed E-state index contributed by atoms with van der Waals surface area (Å²) in [5.41, 5.74) is 1.15. The zero-order valence-electron chi connectivity index (χ0n) is 20.2. The number of aromatic amines is 1. The van der Waals surface area contributed by atoms with Crippen LogP contribution in [-0.2, 0) is 0 Å². The minimum atomic E-state index is -0.737. The van der Waals surface area contributed by atoms with Gasteiger partial charge in [-0.1, -0.05) is 12.1 Å². The minimum Gasteiger partial charge on any atom is -0.481 e. The number of H-pyrrole nitrogens is 1. The van der Waals surface area contributed by atoms with Gasteiger partial charge in [-0.2, -0.15) is 0 Å². The molecule has 0 bridgehead atoms. The van der Waals surface area contributed by atoms with Gasteiger partial charge < -0.3 is 19.8 Å². The molecule has 0 saturated heterocycles. The SMILES string of the molecule is COc1cc2c(Oc3ccc(NC(=O)c4c[nH]c(C)c(-c5ccc(F)cc5)c4=O)cc3F)ccnc2cn1. The summed E-state index contributed by atoms with van der Waals surface area (Å²) in [4.78, 5) is 37.2. The molecule has 2 N–H and O–H groups in total. The van der Waals surface area contributed by atoms with Gasteiger partial charge in [0.05, 0.1) is 18.8 Å². The van der Waals surface area contributed by atoms with E-state index >= 15 is 0 Å². The van der Waals surface area contributed by atoms with E-state index in [1.54, 1.807) is 19.1 Å². The molecule has 3 heterocycles. The van der Waals surface area contributed by atoms with Crippen LogP contribution in [0.2, 0.25) is 0 Å². The maximum atomic E-state index is 15.0. The van der Waals surface area contributed by atoms with Gasteiger partial charge in [-0.25, -0.2) is 13.8 Å². The lowest BCUT2D eigenvalue weighted by atomic mass is 10.0. The molecule has 0 saturated carbocycles. The third-order valence-corrected chi connectivity index (χ3v) is 5.84. The largest absolute Gasteiger partial charge is 0.481 e. The summed E-state index contributed by atoms with van der Waals surface area (Å²) in [6.07, 6.45) is 4.31. The second-order valence-electron chi connectivity index (χ2n) is 8.29. The highest BCUT2D eigenvalue weighted by atomic mass is 19.1. The Hall–Kier alpha value is -5.12. The van der Waals surface area contributed by atoms with Crippen LogP contribution >= 0.6 is 0 Å². The number of hydrogen-bond acceptors (Lipinski definition) is 6. The average molecular weight is 514 g/mol. The van der Waals surface area contributed by atoms with Gasteiger partial charge in [0.25, 0.3) is 5.91 Å². The number of hydrogen-bond donors (Lipinski definition) is 2. The van der Waals surface area contributed by atoms with Crippen molar-refractivity contribution >= 4 is 22.5 Å². The third kappa shape index (κ3) is 4.79. The number of pyridine rings is 3. The van der Waals surface area contributed by atoms with E-state index in [4.69, 9.17) is 9.47 Å². The molecule has 0 aliphatic heterocycles. The van der Waals surface area contributed by atoms with Crippen molar-refractivity contribution in [1.82, 2.24) is 15.0 Å². The maximum absolute atomic E-state index is 15.0. The normalized spacial score (nSPS) is 10.8. The number of halogens is 2. The second-order valence-corrected chi connectivity index (χ2v) is 8.29. The first-order valence-electron chi connectivity index (χ1n) is 11.4. The molecule has 3 aromatic heterocycles. The Morgan fingerprint density at radius 2 is 1.79 bits per heavy atom. The number of nitrogens with one attached hydrogen (secondary N) is 2. The van der Waals surface area contributed by atoms with Gasteiger partial charge in [0.1, 0.15) is 17.1 Å². The number of nitrogens with zero attached hydrogens (tertiary/aromatic N) is 2. The Morgan fingerprint density at radius 1 is 1.00 bits per heavy atom. The van der Waals surface area contributed by atoms with Crippen LogP contribution in [0.25, 0.3) is 22.0 Å². The van der Waals surface area contributed by atoms with Crippen molar-refractivity contribution in [3.63, 3.8) is 0 Å². The Balaban J connectivity index is 1.39. The molecule has 10 heteroatoms. The highest BCUT2D eigenvalue weighted by molar-refractivity contribution is 6.04. The van der Waals surface area contributed by atoms with E-state index in [0.717, 1.165) is 6.07 Å². The predicted molar refractivity (Wildman–Crippen MR) is 138 cm³/mol. The van der Waals surface area contributed by atoms with Crippen molar-refractivity contribution in [2.24, 2.45) is 0 Å². The molecule has 8 nitrogen and oxygen atoms in total. The molecule has 0 spiro atoms. The molecule has 0 fully saturated rings. The summed E-state index contributed by atoms with van der Waals surface area (Å²) < 4.78 is 39.2. The van der Waals surface area contributed by atoms with Crippen LogP contribution in [0.5, 0.6) is 17.4 Å². The Labute approximate surface area is 214 Å². The van der Waals surface area contributed by atoms with Crippen molar-refractivity contribution in [2.75, 3.05) is 12.4 Å². The van der Waals surface area contributed by atoms with Crippen molar-refractivity contribution in [2.45, 2.75) is 6.92 Å². The number of carbonyl (C=O) groups is 1. The van der Waals surface area contributed by atoms with E-state index in [-0.39, 0.29) is 22.6 Å². The van der Waals surface area contributed by atoms with E-state index in [1.807, 2.05) is 0 Å². The first-order valence-corrected chi connectivity index (χ1v) is 11.4. The fraction of sp³-hybridized carbons (Fsp3) is 0.0714. The van der Waals surface area contributed by atoms with Crippen molar-refractivity contribution in [3.8, 4) is 28.5 Å². The third-order valence-electron chi connectivity index (χ3n) is 5.84. The lowest BCUT2D eigenvalue weighted by molar-refractivity contribution is 0.102. The van der Waals surface area contributed by atoms with Crippen LogP contribution in [0.3, 0.4) is 0 Å². The van der Waals surface area contributed by atoms with Gasteiger partial charge in [0, 0.05) is 46.9 Å². The molecular formula is C28H20F2N4O4. The number of benzene rings is 2. The molecule has 0 radical (unpaired) electrons. The average Bonchev–Trinajstić information content (AvgIpc) is 2.91. The number of aryl methyl sites for hydroxylation is 1. The summed E-state index contributed by atoms with van der Waals surface area (Å²) in [5, 5.41) is 3.11. The first kappa shape index (κ1) is 24.6. The molecule has 5 aromatic rings. The van der Waals surface area contributed by atoms with Crippen LogP contribution in [0.1, 0.15) is 16.1 Å². The standard InChI is InChI=1S/C28H20F2N4O4/c1-15-26(16-3-5-17(29)6-4-16)27(35)20(13-32-15)28(36)34-18-7-8-24(21(30)11-18)38-23-9-10-31-22-14-33-25(37-2)12-19(22)23/h3-14H,1-2H3,(H,32,35)(H,34,36). The van der Waals surface area contributed by atoms with Crippen LogP contribution in [0.4, 0.5) is 14.5 Å².